The zero-order valence-corrected chi connectivity index (χ0v) is 13.4. The molecule has 1 aliphatic carbocycles. The zero-order chi connectivity index (χ0) is 16.4. The normalized spacial score (nSPS) is 25.0. The molecule has 0 radical (unpaired) electrons. The van der Waals surface area contributed by atoms with Crippen LogP contribution in [-0.4, -0.2) is 36.5 Å². The van der Waals surface area contributed by atoms with Crippen molar-refractivity contribution in [3.8, 4) is 0 Å². The van der Waals surface area contributed by atoms with Crippen molar-refractivity contribution in [2.75, 3.05) is 11.9 Å². The molecule has 0 bridgehead atoms. The summed E-state index contributed by atoms with van der Waals surface area (Å²) in [6, 6.07) is 6.25. The average molecular weight is 316 g/mol. The van der Waals surface area contributed by atoms with E-state index in [-0.39, 0.29) is 29.9 Å². The highest BCUT2D eigenvalue weighted by atomic mass is 16.2. The Morgan fingerprint density at radius 1 is 1.26 bits per heavy atom. The molecule has 2 aliphatic rings. The molecule has 6 nitrogen and oxygen atoms in total. The maximum absolute atomic E-state index is 12.4. The van der Waals surface area contributed by atoms with Gasteiger partial charge in [0, 0.05) is 37.2 Å². The third kappa shape index (κ3) is 3.47. The maximum atomic E-state index is 12.4. The van der Waals surface area contributed by atoms with Gasteiger partial charge in [-0.25, -0.2) is 0 Å². The van der Waals surface area contributed by atoms with Gasteiger partial charge in [-0.1, -0.05) is 18.2 Å². The van der Waals surface area contributed by atoms with Crippen LogP contribution in [0.25, 0.3) is 0 Å². The average Bonchev–Trinajstić information content (AvgIpc) is 2.91. The summed E-state index contributed by atoms with van der Waals surface area (Å²) >= 11 is 0. The summed E-state index contributed by atoms with van der Waals surface area (Å²) < 4.78 is 0. The van der Waals surface area contributed by atoms with Gasteiger partial charge in [0.25, 0.3) is 0 Å². The molecule has 5 N–H and O–H groups in total. The number of fused-ring (bicyclic) bond motifs is 1. The summed E-state index contributed by atoms with van der Waals surface area (Å²) in [6.07, 6.45) is 2.67. The number of carbonyl (C=O) groups is 2. The lowest BCUT2D eigenvalue weighted by Crippen LogP contribution is -2.56. The molecule has 1 unspecified atom stereocenters. The number of carbonyl (C=O) groups excluding carboxylic acids is 2. The Morgan fingerprint density at radius 3 is 2.70 bits per heavy atom. The molecule has 0 saturated heterocycles. The number of hydrogen-bond acceptors (Lipinski definition) is 4. The Balaban J connectivity index is 1.44. The van der Waals surface area contributed by atoms with Gasteiger partial charge in [0.1, 0.15) is 6.04 Å². The topological polar surface area (TPSA) is 96.2 Å². The SMILES string of the molecule is Cc1cccc2c1NC(C(=O)N[C@H]1C[C@H](NC(=O)CCN)C1)C2. The van der Waals surface area contributed by atoms with Crippen LogP contribution < -0.4 is 21.7 Å². The highest BCUT2D eigenvalue weighted by Crippen LogP contribution is 2.29. The number of amides is 2. The molecule has 1 aromatic carbocycles. The van der Waals surface area contributed by atoms with E-state index in [2.05, 4.69) is 22.0 Å². The predicted molar refractivity (Wildman–Crippen MR) is 89.1 cm³/mol. The van der Waals surface area contributed by atoms with Crippen molar-refractivity contribution >= 4 is 17.5 Å². The van der Waals surface area contributed by atoms with Crippen molar-refractivity contribution in [3.05, 3.63) is 29.3 Å². The second-order valence-corrected chi connectivity index (χ2v) is 6.49. The number of anilines is 1. The Labute approximate surface area is 136 Å². The van der Waals surface area contributed by atoms with Crippen LogP contribution >= 0.6 is 0 Å². The molecule has 3 rings (SSSR count). The summed E-state index contributed by atoms with van der Waals surface area (Å²) in [5.74, 6) is 0.0306. The summed E-state index contributed by atoms with van der Waals surface area (Å²) in [4.78, 5) is 23.8. The fourth-order valence-corrected chi connectivity index (χ4v) is 3.29. The highest BCUT2D eigenvalue weighted by Gasteiger charge is 2.34. The van der Waals surface area contributed by atoms with E-state index < -0.39 is 0 Å². The van der Waals surface area contributed by atoms with Crippen LogP contribution in [0.15, 0.2) is 18.2 Å². The minimum atomic E-state index is -0.197. The van der Waals surface area contributed by atoms with Crippen molar-refractivity contribution < 1.29 is 9.59 Å². The minimum absolute atomic E-state index is 0.00865. The molecular formula is C17H24N4O2. The molecule has 0 aromatic heterocycles. The van der Waals surface area contributed by atoms with E-state index in [4.69, 9.17) is 5.73 Å². The number of aryl methyl sites for hydroxylation is 1. The van der Waals surface area contributed by atoms with E-state index in [1.807, 2.05) is 19.1 Å². The summed E-state index contributed by atoms with van der Waals surface area (Å²) in [5.41, 5.74) is 8.81. The number of rotatable bonds is 5. The van der Waals surface area contributed by atoms with Gasteiger partial charge in [-0.15, -0.1) is 0 Å². The van der Waals surface area contributed by atoms with Crippen molar-refractivity contribution in [2.45, 2.75) is 50.7 Å². The van der Waals surface area contributed by atoms with Crippen molar-refractivity contribution in [2.24, 2.45) is 5.73 Å². The van der Waals surface area contributed by atoms with Crippen molar-refractivity contribution in [3.63, 3.8) is 0 Å². The zero-order valence-electron chi connectivity index (χ0n) is 13.4. The van der Waals surface area contributed by atoms with Crippen LogP contribution in [0.2, 0.25) is 0 Å². The second-order valence-electron chi connectivity index (χ2n) is 6.49. The van der Waals surface area contributed by atoms with E-state index in [0.29, 0.717) is 13.0 Å². The van der Waals surface area contributed by atoms with Crippen LogP contribution in [0, 0.1) is 6.92 Å². The molecule has 1 aromatic rings. The lowest BCUT2D eigenvalue weighted by molar-refractivity contribution is -0.123. The number of hydrogen-bond donors (Lipinski definition) is 4. The largest absolute Gasteiger partial charge is 0.373 e. The van der Waals surface area contributed by atoms with Crippen LogP contribution in [0.1, 0.15) is 30.4 Å². The molecule has 6 heteroatoms. The molecule has 1 heterocycles. The number of nitrogens with two attached hydrogens (primary N) is 1. The molecule has 1 aliphatic heterocycles. The summed E-state index contributed by atoms with van der Waals surface area (Å²) in [6.45, 7) is 2.42. The first-order chi connectivity index (χ1) is 11.1. The van der Waals surface area contributed by atoms with Crippen molar-refractivity contribution in [1.29, 1.82) is 0 Å². The quantitative estimate of drug-likeness (QED) is 0.634. The first-order valence-electron chi connectivity index (χ1n) is 8.21. The van der Waals surface area contributed by atoms with Gasteiger partial charge < -0.3 is 21.7 Å². The molecule has 1 atom stereocenters. The van der Waals surface area contributed by atoms with E-state index in [1.165, 1.54) is 11.1 Å². The standard InChI is InChI=1S/C17H24N4O2/c1-10-3-2-4-11-7-14(21-16(10)11)17(23)20-13-8-12(9-13)19-15(22)5-6-18/h2-4,12-14,21H,5-9,18H2,1H3,(H,19,22)(H,20,23)/t12-,13-,14?. The van der Waals surface area contributed by atoms with Crippen molar-refractivity contribution in [1.82, 2.24) is 10.6 Å². The van der Waals surface area contributed by atoms with E-state index in [1.54, 1.807) is 0 Å². The van der Waals surface area contributed by atoms with Crippen LogP contribution in [0.4, 0.5) is 5.69 Å². The molecular weight excluding hydrogens is 292 g/mol. The lowest BCUT2D eigenvalue weighted by Gasteiger charge is -2.36. The first-order valence-corrected chi connectivity index (χ1v) is 8.21. The van der Waals surface area contributed by atoms with E-state index in [9.17, 15) is 9.59 Å². The van der Waals surface area contributed by atoms with Gasteiger partial charge in [-0.05, 0) is 30.9 Å². The molecule has 2 amide bonds. The number of nitrogens with one attached hydrogen (secondary N) is 3. The number of para-hydroxylation sites is 1. The smallest absolute Gasteiger partial charge is 0.243 e. The Bertz CT molecular complexity index is 611. The monoisotopic (exact) mass is 316 g/mol. The van der Waals surface area contributed by atoms with Crippen LogP contribution in [0.3, 0.4) is 0 Å². The molecule has 23 heavy (non-hydrogen) atoms. The predicted octanol–water partition coefficient (Wildman–Crippen LogP) is 0.444. The first kappa shape index (κ1) is 15.8. The third-order valence-electron chi connectivity index (χ3n) is 4.64. The second kappa shape index (κ2) is 6.58. The van der Waals surface area contributed by atoms with Crippen LogP contribution in [0.5, 0.6) is 0 Å². The van der Waals surface area contributed by atoms with E-state index >= 15 is 0 Å². The molecule has 1 fully saturated rings. The molecule has 0 spiro atoms. The maximum Gasteiger partial charge on any atom is 0.243 e. The van der Waals surface area contributed by atoms with Gasteiger partial charge >= 0.3 is 0 Å². The highest BCUT2D eigenvalue weighted by molar-refractivity contribution is 5.88. The van der Waals surface area contributed by atoms with Gasteiger partial charge in [-0.3, -0.25) is 9.59 Å². The molecule has 1 saturated carbocycles. The Hall–Kier alpha value is -2.08. The van der Waals surface area contributed by atoms with E-state index in [0.717, 1.165) is 24.9 Å². The Morgan fingerprint density at radius 2 is 2.00 bits per heavy atom. The summed E-state index contributed by atoms with van der Waals surface area (Å²) in [7, 11) is 0. The fourth-order valence-electron chi connectivity index (χ4n) is 3.29. The summed E-state index contributed by atoms with van der Waals surface area (Å²) in [5, 5.41) is 9.32. The fraction of sp³-hybridized carbons (Fsp3) is 0.529. The minimum Gasteiger partial charge on any atom is -0.373 e. The molecule has 124 valence electrons. The van der Waals surface area contributed by atoms with Gasteiger partial charge in [0.05, 0.1) is 0 Å². The van der Waals surface area contributed by atoms with Gasteiger partial charge in [0.15, 0.2) is 0 Å². The van der Waals surface area contributed by atoms with Gasteiger partial charge in [0.2, 0.25) is 11.8 Å². The lowest BCUT2D eigenvalue weighted by atomic mass is 9.86. The third-order valence-corrected chi connectivity index (χ3v) is 4.64. The van der Waals surface area contributed by atoms with Crippen LogP contribution in [-0.2, 0) is 16.0 Å². The van der Waals surface area contributed by atoms with Gasteiger partial charge in [-0.2, -0.15) is 0 Å². The Kier molecular flexibility index (Phi) is 4.52. The number of benzene rings is 1.